The molecule has 2 amide bonds. The molecule has 0 spiro atoms. The predicted molar refractivity (Wildman–Crippen MR) is 90.0 cm³/mol. The molecule has 0 bridgehead atoms. The molecule has 2 heterocycles. The van der Waals surface area contributed by atoms with Crippen LogP contribution in [0.5, 0.6) is 0 Å². The molecule has 122 valence electrons. The van der Waals surface area contributed by atoms with Crippen LogP contribution < -0.4 is 5.32 Å². The zero-order valence-electron chi connectivity index (χ0n) is 13.5. The molecule has 3 rings (SSSR count). The van der Waals surface area contributed by atoms with Gasteiger partial charge in [-0.15, -0.1) is 11.3 Å². The van der Waals surface area contributed by atoms with Gasteiger partial charge in [0, 0.05) is 13.1 Å². The van der Waals surface area contributed by atoms with Crippen molar-refractivity contribution < 1.29 is 14.0 Å². The molecule has 1 atom stereocenters. The number of aryl methyl sites for hydroxylation is 1. The van der Waals surface area contributed by atoms with Crippen LogP contribution in [0, 0.1) is 12.8 Å². The molecular weight excluding hydrogens is 312 g/mol. The summed E-state index contributed by atoms with van der Waals surface area (Å²) in [5.74, 6) is 0.589. The highest BCUT2D eigenvalue weighted by Crippen LogP contribution is 2.36. The van der Waals surface area contributed by atoms with E-state index < -0.39 is 0 Å². The van der Waals surface area contributed by atoms with Gasteiger partial charge in [-0.05, 0) is 56.4 Å². The van der Waals surface area contributed by atoms with Crippen molar-refractivity contribution >= 4 is 28.2 Å². The van der Waals surface area contributed by atoms with Gasteiger partial charge in [-0.2, -0.15) is 0 Å². The second-order valence-electron chi connectivity index (χ2n) is 6.05. The van der Waals surface area contributed by atoms with Crippen LogP contribution in [0.3, 0.4) is 0 Å². The first-order valence-corrected chi connectivity index (χ1v) is 8.51. The largest absolute Gasteiger partial charge is 0.459 e. The van der Waals surface area contributed by atoms with Gasteiger partial charge in [-0.1, -0.05) is 0 Å². The highest BCUT2D eigenvalue weighted by Gasteiger charge is 2.33. The van der Waals surface area contributed by atoms with E-state index in [1.54, 1.807) is 12.1 Å². The number of nitrogens with one attached hydrogen (secondary N) is 1. The predicted octanol–water partition coefficient (Wildman–Crippen LogP) is 3.77. The van der Waals surface area contributed by atoms with E-state index in [4.69, 9.17) is 4.42 Å². The molecule has 5 nitrogen and oxygen atoms in total. The molecule has 1 saturated carbocycles. The Morgan fingerprint density at radius 3 is 2.78 bits per heavy atom. The van der Waals surface area contributed by atoms with Crippen LogP contribution in [-0.4, -0.2) is 29.8 Å². The van der Waals surface area contributed by atoms with Crippen LogP contribution in [-0.2, 0) is 0 Å². The van der Waals surface area contributed by atoms with E-state index in [0.717, 1.165) is 5.56 Å². The van der Waals surface area contributed by atoms with Crippen LogP contribution in [0.25, 0.3) is 0 Å². The summed E-state index contributed by atoms with van der Waals surface area (Å²) in [5, 5.41) is 3.43. The van der Waals surface area contributed by atoms with E-state index in [9.17, 15) is 9.59 Å². The normalized spacial score (nSPS) is 15.3. The van der Waals surface area contributed by atoms with Gasteiger partial charge in [-0.25, -0.2) is 0 Å². The van der Waals surface area contributed by atoms with Crippen molar-refractivity contribution in [2.24, 2.45) is 5.92 Å². The Hall–Kier alpha value is -2.08. The molecule has 1 aliphatic carbocycles. The fraction of sp³-hybridized carbons (Fsp3) is 0.412. The van der Waals surface area contributed by atoms with Gasteiger partial charge in [0.25, 0.3) is 11.8 Å². The van der Waals surface area contributed by atoms with Crippen LogP contribution in [0.15, 0.2) is 28.9 Å². The fourth-order valence-electron chi connectivity index (χ4n) is 2.58. The molecule has 0 aliphatic heterocycles. The average molecular weight is 332 g/mol. The number of carbonyl (C=O) groups excluding carboxylic acids is 2. The molecule has 0 aromatic carbocycles. The van der Waals surface area contributed by atoms with Crippen molar-refractivity contribution in [2.45, 2.75) is 32.7 Å². The summed E-state index contributed by atoms with van der Waals surface area (Å²) < 4.78 is 5.07. The molecule has 0 radical (unpaired) electrons. The number of hydrogen-bond donors (Lipinski definition) is 1. The lowest BCUT2D eigenvalue weighted by atomic mass is 10.1. The summed E-state index contributed by atoms with van der Waals surface area (Å²) in [6.45, 7) is 3.99. The van der Waals surface area contributed by atoms with Crippen LogP contribution >= 0.6 is 11.3 Å². The lowest BCUT2D eigenvalue weighted by Crippen LogP contribution is -2.36. The van der Waals surface area contributed by atoms with Gasteiger partial charge in [-0.3, -0.25) is 9.59 Å². The fourth-order valence-corrected chi connectivity index (χ4v) is 3.63. The van der Waals surface area contributed by atoms with Crippen LogP contribution in [0.1, 0.15) is 45.6 Å². The standard InChI is InChI=1S/C17H20N2O3S/c1-10-9-14(18-16(20)13-5-4-8-22-13)23-15(10)17(21)19(3)11(2)12-6-7-12/h4-5,8-9,11-12H,6-7H2,1-3H3,(H,18,20). The monoisotopic (exact) mass is 332 g/mol. The number of amides is 2. The first-order chi connectivity index (χ1) is 11.0. The minimum absolute atomic E-state index is 0.0189. The molecule has 1 aliphatic rings. The van der Waals surface area contributed by atoms with Gasteiger partial charge in [0.2, 0.25) is 0 Å². The maximum Gasteiger partial charge on any atom is 0.291 e. The quantitative estimate of drug-likeness (QED) is 0.906. The summed E-state index contributed by atoms with van der Waals surface area (Å²) in [4.78, 5) is 27.2. The van der Waals surface area contributed by atoms with E-state index in [1.807, 2.05) is 24.9 Å². The maximum absolute atomic E-state index is 12.7. The molecule has 0 saturated heterocycles. The Bertz CT molecular complexity index is 716. The molecular formula is C17H20N2O3S. The summed E-state index contributed by atoms with van der Waals surface area (Å²) in [6, 6.07) is 5.35. The second-order valence-corrected chi connectivity index (χ2v) is 7.10. The molecule has 23 heavy (non-hydrogen) atoms. The highest BCUT2D eigenvalue weighted by molar-refractivity contribution is 7.18. The number of carbonyl (C=O) groups is 2. The van der Waals surface area contributed by atoms with Crippen molar-refractivity contribution in [1.29, 1.82) is 0 Å². The average Bonchev–Trinajstić information content (AvgIpc) is 3.10. The van der Waals surface area contributed by atoms with E-state index in [-0.39, 0.29) is 23.6 Å². The third-order valence-electron chi connectivity index (χ3n) is 4.33. The topological polar surface area (TPSA) is 62.6 Å². The summed E-state index contributed by atoms with van der Waals surface area (Å²) in [5.41, 5.74) is 0.879. The molecule has 2 aromatic heterocycles. The number of nitrogens with zero attached hydrogens (tertiary/aromatic N) is 1. The van der Waals surface area contributed by atoms with Gasteiger partial charge >= 0.3 is 0 Å². The molecule has 6 heteroatoms. The van der Waals surface area contributed by atoms with Crippen LogP contribution in [0.2, 0.25) is 0 Å². The molecule has 1 N–H and O–H groups in total. The Morgan fingerprint density at radius 1 is 1.43 bits per heavy atom. The van der Waals surface area contributed by atoms with Crippen molar-refractivity contribution in [2.75, 3.05) is 12.4 Å². The first kappa shape index (κ1) is 15.8. The number of hydrogen-bond acceptors (Lipinski definition) is 4. The van der Waals surface area contributed by atoms with Crippen molar-refractivity contribution in [3.8, 4) is 0 Å². The van der Waals surface area contributed by atoms with E-state index in [2.05, 4.69) is 12.2 Å². The van der Waals surface area contributed by atoms with Gasteiger partial charge in [0.05, 0.1) is 16.1 Å². The minimum Gasteiger partial charge on any atom is -0.459 e. The Kier molecular flexibility index (Phi) is 4.26. The van der Waals surface area contributed by atoms with Gasteiger partial charge in [0.15, 0.2) is 5.76 Å². The number of anilines is 1. The minimum atomic E-state index is -0.310. The Morgan fingerprint density at radius 2 is 2.17 bits per heavy atom. The van der Waals surface area contributed by atoms with E-state index in [0.29, 0.717) is 15.8 Å². The van der Waals surface area contributed by atoms with Crippen molar-refractivity contribution in [3.05, 3.63) is 40.7 Å². The zero-order valence-corrected chi connectivity index (χ0v) is 14.3. The number of thiophene rings is 1. The lowest BCUT2D eigenvalue weighted by Gasteiger charge is -2.24. The first-order valence-electron chi connectivity index (χ1n) is 7.70. The van der Waals surface area contributed by atoms with Gasteiger partial charge in [0.1, 0.15) is 0 Å². The SMILES string of the molecule is Cc1cc(NC(=O)c2ccco2)sc1C(=O)N(C)C(C)C1CC1. The van der Waals surface area contributed by atoms with E-state index in [1.165, 1.54) is 30.4 Å². The Balaban J connectivity index is 1.72. The highest BCUT2D eigenvalue weighted by atomic mass is 32.1. The summed E-state index contributed by atoms with van der Waals surface area (Å²) in [6.07, 6.45) is 3.86. The maximum atomic E-state index is 12.7. The molecule has 2 aromatic rings. The van der Waals surface area contributed by atoms with Gasteiger partial charge < -0.3 is 14.6 Å². The third kappa shape index (κ3) is 3.32. The van der Waals surface area contributed by atoms with Crippen molar-refractivity contribution in [3.63, 3.8) is 0 Å². The van der Waals surface area contributed by atoms with Crippen molar-refractivity contribution in [1.82, 2.24) is 4.90 Å². The summed E-state index contributed by atoms with van der Waals surface area (Å²) in [7, 11) is 1.85. The third-order valence-corrected chi connectivity index (χ3v) is 5.47. The number of furan rings is 1. The number of rotatable bonds is 5. The Labute approximate surface area is 139 Å². The second kappa shape index (κ2) is 6.20. The molecule has 1 unspecified atom stereocenters. The van der Waals surface area contributed by atoms with E-state index >= 15 is 0 Å². The summed E-state index contributed by atoms with van der Waals surface area (Å²) >= 11 is 1.31. The molecule has 1 fully saturated rings. The smallest absolute Gasteiger partial charge is 0.291 e. The van der Waals surface area contributed by atoms with Crippen LogP contribution in [0.4, 0.5) is 5.00 Å². The lowest BCUT2D eigenvalue weighted by molar-refractivity contribution is 0.0731. The zero-order chi connectivity index (χ0) is 16.6.